The molecule has 18 heavy (non-hydrogen) atoms. The first-order valence-electron chi connectivity index (χ1n) is 5.21. The molecule has 0 saturated carbocycles. The third-order valence-electron chi connectivity index (χ3n) is 2.49. The molecule has 0 aliphatic heterocycles. The lowest BCUT2D eigenvalue weighted by molar-refractivity contribution is 0.0697. The predicted molar refractivity (Wildman–Crippen MR) is 70.3 cm³/mol. The fourth-order valence-corrected chi connectivity index (χ4v) is 2.26. The van der Waals surface area contributed by atoms with Crippen LogP contribution in [0.25, 0.3) is 11.1 Å². The number of thioether (sulfide) groups is 1. The molecule has 0 saturated heterocycles. The van der Waals surface area contributed by atoms with Crippen molar-refractivity contribution in [2.24, 2.45) is 0 Å². The van der Waals surface area contributed by atoms with E-state index < -0.39 is 5.97 Å². The van der Waals surface area contributed by atoms with Crippen molar-refractivity contribution in [3.05, 3.63) is 54.1 Å². The molecule has 4 heteroatoms. The standard InChI is InChI=1S/C14H9NO2S/c15-9-18-13-8-4-3-6-11(13)10-5-1-2-7-12(10)14(16)17/h1-8H,(H,16,17). The number of thiocyanates is 1. The summed E-state index contributed by atoms with van der Waals surface area (Å²) in [5.41, 5.74) is 1.63. The van der Waals surface area contributed by atoms with E-state index in [4.69, 9.17) is 5.26 Å². The van der Waals surface area contributed by atoms with E-state index in [0.717, 1.165) is 22.2 Å². The molecule has 0 bridgehead atoms. The molecule has 0 atom stereocenters. The maximum Gasteiger partial charge on any atom is 0.336 e. The Kier molecular flexibility index (Phi) is 3.66. The van der Waals surface area contributed by atoms with Gasteiger partial charge in [0.25, 0.3) is 0 Å². The zero-order valence-electron chi connectivity index (χ0n) is 9.33. The second-order valence-corrected chi connectivity index (χ2v) is 4.37. The van der Waals surface area contributed by atoms with Crippen LogP contribution in [-0.2, 0) is 0 Å². The van der Waals surface area contributed by atoms with E-state index in [1.807, 2.05) is 29.7 Å². The summed E-state index contributed by atoms with van der Waals surface area (Å²) >= 11 is 1.03. The van der Waals surface area contributed by atoms with E-state index in [-0.39, 0.29) is 5.56 Å². The van der Waals surface area contributed by atoms with Crippen molar-refractivity contribution in [3.8, 4) is 16.5 Å². The number of nitrogens with zero attached hydrogens (tertiary/aromatic N) is 1. The number of rotatable bonds is 3. The van der Waals surface area contributed by atoms with Gasteiger partial charge in [0, 0.05) is 4.90 Å². The molecule has 0 spiro atoms. The first-order chi connectivity index (χ1) is 8.74. The Balaban J connectivity index is 2.63. The molecule has 2 rings (SSSR count). The van der Waals surface area contributed by atoms with Crippen LogP contribution >= 0.6 is 11.8 Å². The molecule has 0 heterocycles. The van der Waals surface area contributed by atoms with Crippen LogP contribution in [0.2, 0.25) is 0 Å². The van der Waals surface area contributed by atoms with Crippen molar-refractivity contribution in [1.29, 1.82) is 5.26 Å². The highest BCUT2D eigenvalue weighted by molar-refractivity contribution is 8.03. The summed E-state index contributed by atoms with van der Waals surface area (Å²) in [6, 6.07) is 14.1. The molecular weight excluding hydrogens is 246 g/mol. The Hall–Kier alpha value is -2.25. The number of hydrogen-bond acceptors (Lipinski definition) is 3. The van der Waals surface area contributed by atoms with Gasteiger partial charge in [-0.25, -0.2) is 4.79 Å². The van der Waals surface area contributed by atoms with Gasteiger partial charge in [0.05, 0.1) is 5.56 Å². The van der Waals surface area contributed by atoms with Crippen LogP contribution in [0.1, 0.15) is 10.4 Å². The zero-order chi connectivity index (χ0) is 13.0. The van der Waals surface area contributed by atoms with Crippen molar-refractivity contribution in [2.45, 2.75) is 4.90 Å². The van der Waals surface area contributed by atoms with Gasteiger partial charge in [-0.15, -0.1) is 0 Å². The largest absolute Gasteiger partial charge is 0.478 e. The number of benzene rings is 2. The van der Waals surface area contributed by atoms with Gasteiger partial charge < -0.3 is 5.11 Å². The maximum absolute atomic E-state index is 11.2. The van der Waals surface area contributed by atoms with E-state index in [1.54, 1.807) is 24.3 Å². The van der Waals surface area contributed by atoms with Crippen LogP contribution in [-0.4, -0.2) is 11.1 Å². The summed E-state index contributed by atoms with van der Waals surface area (Å²) in [6.45, 7) is 0. The van der Waals surface area contributed by atoms with E-state index >= 15 is 0 Å². The Labute approximate surface area is 109 Å². The second-order valence-electron chi connectivity index (χ2n) is 3.54. The van der Waals surface area contributed by atoms with Gasteiger partial charge in [0.15, 0.2) is 0 Å². The van der Waals surface area contributed by atoms with Gasteiger partial charge in [-0.1, -0.05) is 36.4 Å². The number of carboxylic acid groups (broad SMARTS) is 1. The Morgan fingerprint density at radius 3 is 2.33 bits per heavy atom. The minimum Gasteiger partial charge on any atom is -0.478 e. The molecule has 2 aromatic rings. The lowest BCUT2D eigenvalue weighted by Crippen LogP contribution is -1.99. The van der Waals surface area contributed by atoms with Gasteiger partial charge in [-0.2, -0.15) is 5.26 Å². The fraction of sp³-hybridized carbons (Fsp3) is 0. The molecule has 0 aliphatic rings. The predicted octanol–water partition coefficient (Wildman–Crippen LogP) is 3.62. The summed E-state index contributed by atoms with van der Waals surface area (Å²) in [5.74, 6) is -0.970. The van der Waals surface area contributed by atoms with Crippen molar-refractivity contribution in [2.75, 3.05) is 0 Å². The molecule has 0 unspecified atom stereocenters. The minimum absolute atomic E-state index is 0.239. The average molecular weight is 255 g/mol. The summed E-state index contributed by atoms with van der Waals surface area (Å²) in [5, 5.41) is 20.0. The van der Waals surface area contributed by atoms with Crippen molar-refractivity contribution >= 4 is 17.7 Å². The molecule has 88 valence electrons. The second kappa shape index (κ2) is 5.39. The van der Waals surface area contributed by atoms with Crippen LogP contribution in [0.15, 0.2) is 53.4 Å². The molecule has 1 N–H and O–H groups in total. The highest BCUT2D eigenvalue weighted by atomic mass is 32.2. The fourth-order valence-electron chi connectivity index (χ4n) is 1.73. The van der Waals surface area contributed by atoms with Gasteiger partial charge in [-0.05, 0) is 35.0 Å². The molecule has 0 fully saturated rings. The molecular formula is C14H9NO2S. The Bertz CT molecular complexity index is 632. The molecule has 0 aromatic heterocycles. The van der Waals surface area contributed by atoms with Crippen LogP contribution < -0.4 is 0 Å². The lowest BCUT2D eigenvalue weighted by Gasteiger charge is -2.09. The smallest absolute Gasteiger partial charge is 0.336 e. The number of carbonyl (C=O) groups is 1. The molecule has 0 amide bonds. The van der Waals surface area contributed by atoms with E-state index in [2.05, 4.69) is 0 Å². The van der Waals surface area contributed by atoms with Crippen LogP contribution in [0.4, 0.5) is 0 Å². The molecule has 0 aliphatic carbocycles. The number of hydrogen-bond donors (Lipinski definition) is 1. The van der Waals surface area contributed by atoms with Gasteiger partial charge in [0.1, 0.15) is 5.40 Å². The Morgan fingerprint density at radius 1 is 1.06 bits per heavy atom. The normalized spacial score (nSPS) is 9.72. The summed E-state index contributed by atoms with van der Waals surface area (Å²) < 4.78 is 0. The third-order valence-corrected chi connectivity index (χ3v) is 3.16. The first kappa shape index (κ1) is 12.2. The number of aromatic carboxylic acids is 1. The van der Waals surface area contributed by atoms with E-state index in [9.17, 15) is 9.90 Å². The number of nitriles is 1. The third kappa shape index (κ3) is 2.36. The van der Waals surface area contributed by atoms with E-state index in [0.29, 0.717) is 5.56 Å². The van der Waals surface area contributed by atoms with Gasteiger partial charge in [0.2, 0.25) is 0 Å². The molecule has 2 aromatic carbocycles. The van der Waals surface area contributed by atoms with Gasteiger partial charge >= 0.3 is 5.97 Å². The van der Waals surface area contributed by atoms with Gasteiger partial charge in [-0.3, -0.25) is 0 Å². The zero-order valence-corrected chi connectivity index (χ0v) is 10.1. The van der Waals surface area contributed by atoms with Crippen LogP contribution in [0.5, 0.6) is 0 Å². The SMILES string of the molecule is N#CSc1ccccc1-c1ccccc1C(=O)O. The average Bonchev–Trinajstić information content (AvgIpc) is 2.40. The highest BCUT2D eigenvalue weighted by Gasteiger charge is 2.13. The van der Waals surface area contributed by atoms with Crippen LogP contribution in [0.3, 0.4) is 0 Å². The first-order valence-corrected chi connectivity index (χ1v) is 6.03. The minimum atomic E-state index is -0.970. The summed E-state index contributed by atoms with van der Waals surface area (Å²) in [7, 11) is 0. The summed E-state index contributed by atoms with van der Waals surface area (Å²) in [6.07, 6.45) is 0. The molecule has 0 radical (unpaired) electrons. The van der Waals surface area contributed by atoms with Crippen molar-refractivity contribution < 1.29 is 9.90 Å². The monoisotopic (exact) mass is 255 g/mol. The van der Waals surface area contributed by atoms with Crippen LogP contribution in [0, 0.1) is 10.7 Å². The van der Waals surface area contributed by atoms with E-state index in [1.165, 1.54) is 0 Å². The van der Waals surface area contributed by atoms with Crippen molar-refractivity contribution in [3.63, 3.8) is 0 Å². The summed E-state index contributed by atoms with van der Waals surface area (Å²) in [4.78, 5) is 12.0. The highest BCUT2D eigenvalue weighted by Crippen LogP contribution is 2.32. The lowest BCUT2D eigenvalue weighted by atomic mass is 10.00. The quantitative estimate of drug-likeness (QED) is 0.672. The number of carboxylic acids is 1. The molecule has 3 nitrogen and oxygen atoms in total. The maximum atomic E-state index is 11.2. The Morgan fingerprint density at radius 2 is 1.67 bits per heavy atom. The topological polar surface area (TPSA) is 61.1 Å². The van der Waals surface area contributed by atoms with Crippen molar-refractivity contribution in [1.82, 2.24) is 0 Å².